The fourth-order valence-electron chi connectivity index (χ4n) is 3.29. The monoisotopic (exact) mass is 419 g/mol. The molecule has 0 aliphatic carbocycles. The van der Waals surface area contributed by atoms with Crippen LogP contribution in [0.4, 0.5) is 0 Å². The summed E-state index contributed by atoms with van der Waals surface area (Å²) in [4.78, 5) is 53.1. The minimum Gasteiger partial charge on any atom is -0.454 e. The predicted octanol–water partition coefficient (Wildman–Crippen LogP) is 1.81. The fraction of sp³-hybridized carbons (Fsp3) is 0.261. The number of carbonyl (C=O) groups excluding carboxylic acids is 4. The fourth-order valence-corrected chi connectivity index (χ4v) is 3.29. The highest BCUT2D eigenvalue weighted by Gasteiger charge is 2.43. The Morgan fingerprint density at radius 2 is 1.61 bits per heavy atom. The van der Waals surface area contributed by atoms with Crippen LogP contribution in [0.1, 0.15) is 32.7 Å². The molecular weight excluding hydrogens is 398 g/mol. The third-order valence-electron chi connectivity index (χ3n) is 5.00. The first-order valence-electron chi connectivity index (χ1n) is 9.72. The van der Waals surface area contributed by atoms with Gasteiger partial charge < -0.3 is 9.64 Å². The van der Waals surface area contributed by atoms with Crippen LogP contribution in [0.15, 0.2) is 54.6 Å². The van der Waals surface area contributed by atoms with Crippen LogP contribution in [0.25, 0.3) is 0 Å². The molecule has 158 valence electrons. The van der Waals surface area contributed by atoms with E-state index in [0.29, 0.717) is 0 Å². The second kappa shape index (κ2) is 9.67. The van der Waals surface area contributed by atoms with Crippen molar-refractivity contribution in [1.29, 1.82) is 5.26 Å². The van der Waals surface area contributed by atoms with Crippen molar-refractivity contribution in [3.63, 3.8) is 0 Å². The molecule has 0 fully saturated rings. The molecule has 0 saturated heterocycles. The lowest BCUT2D eigenvalue weighted by molar-refractivity contribution is -0.154. The highest BCUT2D eigenvalue weighted by molar-refractivity contribution is 6.22. The molecule has 31 heavy (non-hydrogen) atoms. The molecule has 3 rings (SSSR count). The molecule has 0 aromatic heterocycles. The second-order valence-corrected chi connectivity index (χ2v) is 7.06. The van der Waals surface area contributed by atoms with Crippen molar-refractivity contribution in [2.75, 3.05) is 20.2 Å². The number of esters is 1. The molecule has 3 amide bonds. The van der Waals surface area contributed by atoms with Crippen molar-refractivity contribution < 1.29 is 23.9 Å². The van der Waals surface area contributed by atoms with Gasteiger partial charge in [-0.05, 0) is 17.7 Å². The number of ether oxygens (including phenoxy) is 1. The number of hydrogen-bond acceptors (Lipinski definition) is 6. The first kappa shape index (κ1) is 21.7. The number of rotatable bonds is 8. The maximum atomic E-state index is 12.9. The quantitative estimate of drug-likeness (QED) is 0.477. The van der Waals surface area contributed by atoms with Crippen LogP contribution in [0.5, 0.6) is 0 Å². The summed E-state index contributed by atoms with van der Waals surface area (Å²) in [6.45, 7) is -0.339. The Balaban J connectivity index is 1.80. The van der Waals surface area contributed by atoms with Crippen molar-refractivity contribution in [2.24, 2.45) is 0 Å². The number of likely N-dealkylation sites (N-methyl/N-ethyl adjacent to an activating group) is 1. The molecular formula is C23H21N3O5. The van der Waals surface area contributed by atoms with E-state index in [0.717, 1.165) is 10.5 Å². The number of nitriles is 1. The Kier molecular flexibility index (Phi) is 6.78. The number of benzene rings is 2. The van der Waals surface area contributed by atoms with E-state index in [1.165, 1.54) is 24.1 Å². The van der Waals surface area contributed by atoms with E-state index in [1.54, 1.807) is 36.4 Å². The molecule has 0 saturated carbocycles. The summed E-state index contributed by atoms with van der Waals surface area (Å²) in [5.74, 6) is -2.48. The summed E-state index contributed by atoms with van der Waals surface area (Å²) < 4.78 is 5.19. The molecule has 2 aromatic rings. The van der Waals surface area contributed by atoms with Crippen molar-refractivity contribution in [3.05, 3.63) is 71.3 Å². The zero-order chi connectivity index (χ0) is 22.4. The Morgan fingerprint density at radius 3 is 2.19 bits per heavy atom. The Morgan fingerprint density at radius 1 is 1.03 bits per heavy atom. The van der Waals surface area contributed by atoms with Gasteiger partial charge in [0.1, 0.15) is 6.04 Å². The van der Waals surface area contributed by atoms with Crippen molar-refractivity contribution >= 4 is 23.7 Å². The average molecular weight is 419 g/mol. The Hall–Kier alpha value is -3.99. The molecule has 1 atom stereocenters. The van der Waals surface area contributed by atoms with Crippen LogP contribution < -0.4 is 0 Å². The van der Waals surface area contributed by atoms with E-state index in [1.807, 2.05) is 12.1 Å². The van der Waals surface area contributed by atoms with Crippen molar-refractivity contribution in [2.45, 2.75) is 18.9 Å². The minimum atomic E-state index is -1.22. The molecule has 2 aromatic carbocycles. The lowest BCUT2D eigenvalue weighted by Gasteiger charge is -2.25. The third kappa shape index (κ3) is 4.78. The van der Waals surface area contributed by atoms with Gasteiger partial charge in [0.05, 0.1) is 23.6 Å². The van der Waals surface area contributed by atoms with E-state index in [2.05, 4.69) is 0 Å². The molecule has 0 bridgehead atoms. The van der Waals surface area contributed by atoms with E-state index < -0.39 is 36.3 Å². The second-order valence-electron chi connectivity index (χ2n) is 7.06. The standard InChI is InChI=1S/C23H21N3O5/c1-25(13-7-12-24)20(27)15-31-23(30)19(14-16-8-3-2-4-9-16)26-21(28)17-10-5-6-11-18(17)22(26)29/h2-6,8-11,19H,7,13-15H2,1H3/t19-/m1/s1. The zero-order valence-electron chi connectivity index (χ0n) is 17.0. The Labute approximate surface area is 179 Å². The lowest BCUT2D eigenvalue weighted by Crippen LogP contribution is -2.47. The molecule has 8 nitrogen and oxygen atoms in total. The van der Waals surface area contributed by atoms with Crippen LogP contribution in [-0.4, -0.2) is 59.7 Å². The number of amides is 3. The summed E-state index contributed by atoms with van der Waals surface area (Å²) in [7, 11) is 1.50. The number of imide groups is 1. The van der Waals surface area contributed by atoms with Gasteiger partial charge in [0.2, 0.25) is 0 Å². The topological polar surface area (TPSA) is 108 Å². The molecule has 0 radical (unpaired) electrons. The molecule has 0 unspecified atom stereocenters. The predicted molar refractivity (Wildman–Crippen MR) is 110 cm³/mol. The van der Waals surface area contributed by atoms with Crippen LogP contribution in [-0.2, 0) is 20.7 Å². The minimum absolute atomic E-state index is 0.0591. The van der Waals surface area contributed by atoms with Crippen LogP contribution >= 0.6 is 0 Å². The van der Waals surface area contributed by atoms with Gasteiger partial charge in [-0.3, -0.25) is 19.3 Å². The number of hydrogen-bond donors (Lipinski definition) is 0. The number of fused-ring (bicyclic) bond motifs is 1. The molecule has 8 heteroatoms. The third-order valence-corrected chi connectivity index (χ3v) is 5.00. The van der Waals surface area contributed by atoms with Gasteiger partial charge >= 0.3 is 5.97 Å². The first-order chi connectivity index (χ1) is 14.9. The first-order valence-corrected chi connectivity index (χ1v) is 9.72. The summed E-state index contributed by atoms with van der Waals surface area (Å²) in [6, 6.07) is 16.0. The number of nitrogens with zero attached hydrogens (tertiary/aromatic N) is 3. The molecule has 0 N–H and O–H groups in total. The molecule has 1 heterocycles. The van der Waals surface area contributed by atoms with E-state index in [4.69, 9.17) is 10.00 Å². The van der Waals surface area contributed by atoms with Gasteiger partial charge in [0.25, 0.3) is 17.7 Å². The molecule has 0 spiro atoms. The van der Waals surface area contributed by atoms with Gasteiger partial charge in [-0.25, -0.2) is 4.79 Å². The average Bonchev–Trinajstić information content (AvgIpc) is 3.04. The van der Waals surface area contributed by atoms with Gasteiger partial charge in [-0.2, -0.15) is 5.26 Å². The smallest absolute Gasteiger partial charge is 0.330 e. The van der Waals surface area contributed by atoms with Crippen LogP contribution in [0.2, 0.25) is 0 Å². The maximum Gasteiger partial charge on any atom is 0.330 e. The van der Waals surface area contributed by atoms with Gasteiger partial charge in [-0.15, -0.1) is 0 Å². The van der Waals surface area contributed by atoms with Crippen LogP contribution in [0, 0.1) is 11.3 Å². The highest BCUT2D eigenvalue weighted by Crippen LogP contribution is 2.26. The van der Waals surface area contributed by atoms with Crippen molar-refractivity contribution in [3.8, 4) is 6.07 Å². The van der Waals surface area contributed by atoms with Crippen molar-refractivity contribution in [1.82, 2.24) is 9.80 Å². The zero-order valence-corrected chi connectivity index (χ0v) is 17.0. The highest BCUT2D eigenvalue weighted by atomic mass is 16.5. The van der Waals surface area contributed by atoms with Gasteiger partial charge in [0, 0.05) is 20.0 Å². The molecule has 1 aliphatic heterocycles. The summed E-state index contributed by atoms with van der Waals surface area (Å²) in [6.07, 6.45) is 0.214. The Bertz CT molecular complexity index is 1010. The summed E-state index contributed by atoms with van der Waals surface area (Å²) >= 11 is 0. The van der Waals surface area contributed by atoms with E-state index in [9.17, 15) is 19.2 Å². The molecule has 1 aliphatic rings. The largest absolute Gasteiger partial charge is 0.454 e. The maximum absolute atomic E-state index is 12.9. The summed E-state index contributed by atoms with van der Waals surface area (Å²) in [5.41, 5.74) is 1.19. The summed E-state index contributed by atoms with van der Waals surface area (Å²) in [5, 5.41) is 8.63. The number of carbonyl (C=O) groups is 4. The van der Waals surface area contributed by atoms with Gasteiger partial charge in [0.15, 0.2) is 6.61 Å². The lowest BCUT2D eigenvalue weighted by atomic mass is 10.0. The SMILES string of the molecule is CN(CCC#N)C(=O)COC(=O)[C@@H](Cc1ccccc1)N1C(=O)c2ccccc2C1=O. The van der Waals surface area contributed by atoms with E-state index >= 15 is 0 Å². The van der Waals surface area contributed by atoms with E-state index in [-0.39, 0.29) is 30.5 Å². The van der Waals surface area contributed by atoms with Gasteiger partial charge in [-0.1, -0.05) is 42.5 Å². The normalized spacial score (nSPS) is 13.4. The van der Waals surface area contributed by atoms with Crippen LogP contribution in [0.3, 0.4) is 0 Å².